The summed E-state index contributed by atoms with van der Waals surface area (Å²) in [5.74, 6) is 1.12. The standard InChI is InChI=1S/C41H80O5/c1-37(2)31-27-23-19-15-11-7-5-9-13-17-21-25-29-33-40(43)45-36-39(35-42)46-41(44)34-30-26-22-18-14-10-6-8-12-16-20-24-28-32-38(3)4/h37-39,42H,5-36H2,1-4H3/t39-/m0/s1. The number of hydrogen-bond donors (Lipinski definition) is 1. The summed E-state index contributed by atoms with van der Waals surface area (Å²) in [7, 11) is 0. The quantitative estimate of drug-likeness (QED) is 0.0538. The maximum absolute atomic E-state index is 12.2. The molecule has 0 radical (unpaired) electrons. The van der Waals surface area contributed by atoms with Crippen molar-refractivity contribution in [1.29, 1.82) is 0 Å². The fraction of sp³-hybridized carbons (Fsp3) is 0.951. The van der Waals surface area contributed by atoms with Crippen molar-refractivity contribution in [3.05, 3.63) is 0 Å². The molecule has 1 atom stereocenters. The molecular formula is C41H80O5. The van der Waals surface area contributed by atoms with Crippen LogP contribution in [0.4, 0.5) is 0 Å². The third-order valence-corrected chi connectivity index (χ3v) is 9.26. The normalized spacial score (nSPS) is 12.2. The maximum atomic E-state index is 12.2. The Morgan fingerprint density at radius 2 is 0.717 bits per heavy atom. The number of hydrogen-bond acceptors (Lipinski definition) is 5. The Bertz CT molecular complexity index is 647. The molecule has 0 saturated carbocycles. The predicted octanol–water partition coefficient (Wildman–Crippen LogP) is 12.4. The summed E-state index contributed by atoms with van der Waals surface area (Å²) in [6.07, 6.45) is 35.9. The molecule has 0 aliphatic heterocycles. The van der Waals surface area contributed by atoms with Crippen LogP contribution in [0.15, 0.2) is 0 Å². The van der Waals surface area contributed by atoms with Gasteiger partial charge in [-0.25, -0.2) is 0 Å². The Morgan fingerprint density at radius 3 is 1.02 bits per heavy atom. The molecule has 0 aliphatic rings. The first kappa shape index (κ1) is 44.9. The Kier molecular flexibility index (Phi) is 34.4. The van der Waals surface area contributed by atoms with Gasteiger partial charge in [0, 0.05) is 12.8 Å². The van der Waals surface area contributed by atoms with Crippen molar-refractivity contribution in [2.75, 3.05) is 13.2 Å². The van der Waals surface area contributed by atoms with E-state index in [1.807, 2.05) is 0 Å². The highest BCUT2D eigenvalue weighted by atomic mass is 16.6. The number of aliphatic hydroxyl groups is 1. The molecule has 0 spiro atoms. The molecule has 0 aromatic carbocycles. The van der Waals surface area contributed by atoms with Crippen molar-refractivity contribution >= 4 is 11.9 Å². The maximum Gasteiger partial charge on any atom is 0.306 e. The van der Waals surface area contributed by atoms with Crippen molar-refractivity contribution < 1.29 is 24.2 Å². The monoisotopic (exact) mass is 653 g/mol. The van der Waals surface area contributed by atoms with E-state index in [4.69, 9.17) is 9.47 Å². The largest absolute Gasteiger partial charge is 0.462 e. The lowest BCUT2D eigenvalue weighted by Gasteiger charge is -2.15. The molecule has 0 saturated heterocycles. The molecule has 1 N–H and O–H groups in total. The molecule has 0 fully saturated rings. The zero-order valence-corrected chi connectivity index (χ0v) is 31.4. The minimum atomic E-state index is -0.763. The van der Waals surface area contributed by atoms with Crippen LogP contribution in [0.5, 0.6) is 0 Å². The van der Waals surface area contributed by atoms with Gasteiger partial charge in [-0.1, -0.05) is 195 Å². The second kappa shape index (κ2) is 35.2. The number of esters is 2. The molecule has 0 amide bonds. The van der Waals surface area contributed by atoms with Crippen LogP contribution < -0.4 is 0 Å². The van der Waals surface area contributed by atoms with Crippen LogP contribution in [0.25, 0.3) is 0 Å². The topological polar surface area (TPSA) is 72.8 Å². The number of aliphatic hydroxyl groups excluding tert-OH is 1. The van der Waals surface area contributed by atoms with Crippen molar-refractivity contribution in [3.63, 3.8) is 0 Å². The van der Waals surface area contributed by atoms with Crippen LogP contribution in [-0.4, -0.2) is 36.4 Å². The van der Waals surface area contributed by atoms with Crippen molar-refractivity contribution in [3.8, 4) is 0 Å². The average molecular weight is 653 g/mol. The smallest absolute Gasteiger partial charge is 0.306 e. The van der Waals surface area contributed by atoms with E-state index in [0.29, 0.717) is 12.8 Å². The van der Waals surface area contributed by atoms with Crippen molar-refractivity contribution in [2.24, 2.45) is 11.8 Å². The van der Waals surface area contributed by atoms with Crippen LogP contribution in [0.1, 0.15) is 220 Å². The molecule has 0 aliphatic carbocycles. The summed E-state index contributed by atoms with van der Waals surface area (Å²) in [5.41, 5.74) is 0. The van der Waals surface area contributed by atoms with E-state index >= 15 is 0 Å². The summed E-state index contributed by atoms with van der Waals surface area (Å²) >= 11 is 0. The first-order valence-electron chi connectivity index (χ1n) is 20.3. The van der Waals surface area contributed by atoms with Crippen LogP contribution in [0.3, 0.4) is 0 Å². The summed E-state index contributed by atoms with van der Waals surface area (Å²) in [4.78, 5) is 24.3. The summed E-state index contributed by atoms with van der Waals surface area (Å²) in [6.45, 7) is 8.87. The van der Waals surface area contributed by atoms with Gasteiger partial charge in [-0.05, 0) is 24.7 Å². The van der Waals surface area contributed by atoms with Crippen molar-refractivity contribution in [2.45, 2.75) is 226 Å². The van der Waals surface area contributed by atoms with E-state index in [9.17, 15) is 14.7 Å². The van der Waals surface area contributed by atoms with Gasteiger partial charge in [0.05, 0.1) is 6.61 Å². The molecule has 46 heavy (non-hydrogen) atoms. The molecule has 0 aromatic rings. The van der Waals surface area contributed by atoms with E-state index in [-0.39, 0.29) is 25.2 Å². The fourth-order valence-electron chi connectivity index (χ4n) is 6.16. The Morgan fingerprint density at radius 1 is 0.435 bits per heavy atom. The van der Waals surface area contributed by atoms with Crippen LogP contribution in [0, 0.1) is 11.8 Å². The molecule has 0 bridgehead atoms. The van der Waals surface area contributed by atoms with Crippen LogP contribution in [0.2, 0.25) is 0 Å². The zero-order valence-electron chi connectivity index (χ0n) is 31.4. The van der Waals surface area contributed by atoms with E-state index in [1.165, 1.54) is 148 Å². The minimum Gasteiger partial charge on any atom is -0.462 e. The van der Waals surface area contributed by atoms with Gasteiger partial charge in [-0.2, -0.15) is 0 Å². The number of carbonyl (C=O) groups is 2. The summed E-state index contributed by atoms with van der Waals surface area (Å²) < 4.78 is 10.6. The van der Waals surface area contributed by atoms with Gasteiger partial charge in [0.2, 0.25) is 0 Å². The van der Waals surface area contributed by atoms with Crippen molar-refractivity contribution in [1.82, 2.24) is 0 Å². The minimum absolute atomic E-state index is 0.0584. The fourth-order valence-corrected chi connectivity index (χ4v) is 6.16. The lowest BCUT2D eigenvalue weighted by molar-refractivity contribution is -0.161. The van der Waals surface area contributed by atoms with Gasteiger partial charge in [0.25, 0.3) is 0 Å². The lowest BCUT2D eigenvalue weighted by Crippen LogP contribution is -2.28. The number of ether oxygens (including phenoxy) is 2. The molecule has 0 heterocycles. The Labute approximate surface area is 287 Å². The molecule has 274 valence electrons. The van der Waals surface area contributed by atoms with Gasteiger partial charge in [-0.3, -0.25) is 9.59 Å². The SMILES string of the molecule is CC(C)CCCCCCCCCCCCCCCC(=O)OC[C@H](CO)OC(=O)CCCCCCCCCCCCCCCC(C)C. The average Bonchev–Trinajstić information content (AvgIpc) is 3.02. The van der Waals surface area contributed by atoms with Gasteiger partial charge in [-0.15, -0.1) is 0 Å². The van der Waals surface area contributed by atoms with E-state index in [2.05, 4.69) is 27.7 Å². The molecule has 5 nitrogen and oxygen atoms in total. The van der Waals surface area contributed by atoms with Crippen LogP contribution in [-0.2, 0) is 19.1 Å². The van der Waals surface area contributed by atoms with Gasteiger partial charge < -0.3 is 14.6 Å². The molecule has 0 rings (SSSR count). The van der Waals surface area contributed by atoms with E-state index < -0.39 is 6.10 Å². The second-order valence-electron chi connectivity index (χ2n) is 15.0. The van der Waals surface area contributed by atoms with E-state index in [1.54, 1.807) is 0 Å². The molecular weight excluding hydrogens is 572 g/mol. The first-order chi connectivity index (χ1) is 22.3. The molecule has 0 unspecified atom stereocenters. The second-order valence-corrected chi connectivity index (χ2v) is 15.0. The lowest BCUT2D eigenvalue weighted by atomic mass is 10.0. The third-order valence-electron chi connectivity index (χ3n) is 9.26. The zero-order chi connectivity index (χ0) is 33.9. The van der Waals surface area contributed by atoms with E-state index in [0.717, 1.165) is 43.9 Å². The summed E-state index contributed by atoms with van der Waals surface area (Å²) in [5, 5.41) is 9.56. The summed E-state index contributed by atoms with van der Waals surface area (Å²) in [6, 6.07) is 0. The predicted molar refractivity (Wildman–Crippen MR) is 196 cm³/mol. The molecule has 0 aromatic heterocycles. The van der Waals surface area contributed by atoms with Gasteiger partial charge >= 0.3 is 11.9 Å². The van der Waals surface area contributed by atoms with Gasteiger partial charge in [0.1, 0.15) is 6.61 Å². The number of rotatable bonds is 36. The van der Waals surface area contributed by atoms with Crippen LogP contribution >= 0.6 is 0 Å². The Balaban J connectivity index is 3.50. The number of carbonyl (C=O) groups excluding carboxylic acids is 2. The molecule has 5 heteroatoms. The highest BCUT2D eigenvalue weighted by Gasteiger charge is 2.16. The van der Waals surface area contributed by atoms with Gasteiger partial charge in [0.15, 0.2) is 6.10 Å². The Hall–Kier alpha value is -1.10. The first-order valence-corrected chi connectivity index (χ1v) is 20.3. The highest BCUT2D eigenvalue weighted by molar-refractivity contribution is 5.70. The number of unbranched alkanes of at least 4 members (excludes halogenated alkanes) is 24. The third kappa shape index (κ3) is 35.7. The highest BCUT2D eigenvalue weighted by Crippen LogP contribution is 2.16.